The molecule has 0 aliphatic heterocycles. The third kappa shape index (κ3) is 3.72. The molecule has 5 nitrogen and oxygen atoms in total. The lowest BCUT2D eigenvalue weighted by molar-refractivity contribution is 0.292. The molecule has 2 heterocycles. The number of ether oxygens (including phenoxy) is 1. The summed E-state index contributed by atoms with van der Waals surface area (Å²) in [5, 5.41) is 1.15. The molecule has 4 aromatic rings. The van der Waals surface area contributed by atoms with E-state index in [9.17, 15) is 4.79 Å². The molecule has 4 rings (SSSR count). The number of nitrogens with zero attached hydrogens (tertiary/aromatic N) is 3. The van der Waals surface area contributed by atoms with Gasteiger partial charge in [0.15, 0.2) is 5.82 Å². The Bertz CT molecular complexity index is 1160. The average molecular weight is 443 g/mol. The molecule has 7 heteroatoms. The van der Waals surface area contributed by atoms with Crippen molar-refractivity contribution in [3.8, 4) is 11.6 Å². The van der Waals surface area contributed by atoms with Crippen LogP contribution in [0, 0.1) is 0 Å². The Morgan fingerprint density at radius 3 is 2.56 bits per heavy atom. The molecule has 0 aliphatic rings. The number of fused-ring (bicyclic) bond motifs is 1. The van der Waals surface area contributed by atoms with E-state index in [0.717, 1.165) is 4.47 Å². The van der Waals surface area contributed by atoms with Gasteiger partial charge in [0.05, 0.1) is 10.9 Å². The molecule has 27 heavy (non-hydrogen) atoms. The van der Waals surface area contributed by atoms with Crippen LogP contribution in [0.1, 0.15) is 5.82 Å². The number of hydrogen-bond donors (Lipinski definition) is 0. The lowest BCUT2D eigenvalue weighted by Gasteiger charge is -2.14. The van der Waals surface area contributed by atoms with Crippen molar-refractivity contribution < 1.29 is 4.74 Å². The zero-order chi connectivity index (χ0) is 18.8. The molecule has 0 atom stereocenters. The van der Waals surface area contributed by atoms with Crippen molar-refractivity contribution in [3.63, 3.8) is 0 Å². The SMILES string of the molecule is O=c1c2ccccc2nc(COc2ccc(Cl)cc2)n1-c1ccc(Br)cn1. The summed E-state index contributed by atoms with van der Waals surface area (Å²) < 4.78 is 8.12. The van der Waals surface area contributed by atoms with Crippen LogP contribution in [-0.2, 0) is 6.61 Å². The minimum Gasteiger partial charge on any atom is -0.486 e. The number of hydrogen-bond acceptors (Lipinski definition) is 4. The van der Waals surface area contributed by atoms with Crippen LogP contribution < -0.4 is 10.3 Å². The number of halogens is 2. The first-order valence-electron chi connectivity index (χ1n) is 8.13. The van der Waals surface area contributed by atoms with E-state index in [1.54, 1.807) is 42.6 Å². The molecule has 0 amide bonds. The van der Waals surface area contributed by atoms with Crippen molar-refractivity contribution in [2.45, 2.75) is 6.61 Å². The molecule has 0 spiro atoms. The monoisotopic (exact) mass is 441 g/mol. The van der Waals surface area contributed by atoms with Gasteiger partial charge >= 0.3 is 0 Å². The molecular weight excluding hydrogens is 430 g/mol. The highest BCUT2D eigenvalue weighted by Crippen LogP contribution is 2.18. The molecular formula is C20H13BrClN3O2. The van der Waals surface area contributed by atoms with Crippen LogP contribution in [0.3, 0.4) is 0 Å². The van der Waals surface area contributed by atoms with Crippen molar-refractivity contribution >= 4 is 38.4 Å². The first-order chi connectivity index (χ1) is 13.1. The molecule has 0 saturated heterocycles. The first kappa shape index (κ1) is 17.7. The quantitative estimate of drug-likeness (QED) is 0.456. The van der Waals surface area contributed by atoms with E-state index in [4.69, 9.17) is 16.3 Å². The van der Waals surface area contributed by atoms with Crippen LogP contribution in [0.15, 0.2) is 76.1 Å². The molecule has 0 N–H and O–H groups in total. The largest absolute Gasteiger partial charge is 0.486 e. The van der Waals surface area contributed by atoms with E-state index in [1.165, 1.54) is 4.57 Å². The fourth-order valence-corrected chi connectivity index (χ4v) is 3.05. The van der Waals surface area contributed by atoms with Crippen molar-refractivity contribution in [1.29, 1.82) is 0 Å². The van der Waals surface area contributed by atoms with Crippen LogP contribution in [-0.4, -0.2) is 14.5 Å². The van der Waals surface area contributed by atoms with Gasteiger partial charge in [-0.05, 0) is 64.5 Å². The van der Waals surface area contributed by atoms with Crippen molar-refractivity contribution in [1.82, 2.24) is 14.5 Å². The van der Waals surface area contributed by atoms with Gasteiger partial charge in [-0.3, -0.25) is 4.79 Å². The van der Waals surface area contributed by atoms with E-state index >= 15 is 0 Å². The fourth-order valence-electron chi connectivity index (χ4n) is 2.69. The Hall–Kier alpha value is -2.70. The smallest absolute Gasteiger partial charge is 0.267 e. The van der Waals surface area contributed by atoms with Crippen LogP contribution in [0.4, 0.5) is 0 Å². The van der Waals surface area contributed by atoms with Gasteiger partial charge in [-0.2, -0.15) is 0 Å². The van der Waals surface area contributed by atoms with E-state index in [2.05, 4.69) is 25.9 Å². The third-order valence-corrected chi connectivity index (χ3v) is 4.69. The van der Waals surface area contributed by atoms with Crippen LogP contribution >= 0.6 is 27.5 Å². The number of pyridine rings is 1. The van der Waals surface area contributed by atoms with Gasteiger partial charge in [0.25, 0.3) is 5.56 Å². The number of rotatable bonds is 4. The summed E-state index contributed by atoms with van der Waals surface area (Å²) in [6.07, 6.45) is 1.64. The second kappa shape index (κ2) is 7.50. The topological polar surface area (TPSA) is 57.0 Å². The summed E-state index contributed by atoms with van der Waals surface area (Å²) in [5.74, 6) is 1.58. The Balaban J connectivity index is 1.81. The van der Waals surface area contributed by atoms with Gasteiger partial charge in [-0.25, -0.2) is 14.5 Å². The summed E-state index contributed by atoms with van der Waals surface area (Å²) in [6.45, 7) is 0.111. The van der Waals surface area contributed by atoms with Crippen LogP contribution in [0.5, 0.6) is 5.75 Å². The fraction of sp³-hybridized carbons (Fsp3) is 0.0500. The van der Waals surface area contributed by atoms with Gasteiger partial charge in [-0.15, -0.1) is 0 Å². The normalized spacial score (nSPS) is 10.9. The molecule has 0 fully saturated rings. The van der Waals surface area contributed by atoms with Crippen molar-refractivity contribution in [2.24, 2.45) is 0 Å². The molecule has 0 unspecified atom stereocenters. The van der Waals surface area contributed by atoms with Gasteiger partial charge in [0.1, 0.15) is 18.2 Å². The Morgan fingerprint density at radius 1 is 1.04 bits per heavy atom. The summed E-state index contributed by atoms with van der Waals surface area (Å²) >= 11 is 9.27. The maximum absolute atomic E-state index is 13.1. The summed E-state index contributed by atoms with van der Waals surface area (Å²) in [7, 11) is 0. The van der Waals surface area contributed by atoms with E-state index in [-0.39, 0.29) is 12.2 Å². The minimum atomic E-state index is -0.190. The third-order valence-electron chi connectivity index (χ3n) is 3.97. The highest BCUT2D eigenvalue weighted by Gasteiger charge is 2.14. The average Bonchev–Trinajstić information content (AvgIpc) is 2.69. The van der Waals surface area contributed by atoms with Gasteiger partial charge in [0, 0.05) is 15.7 Å². The lowest BCUT2D eigenvalue weighted by Crippen LogP contribution is -2.25. The number of para-hydroxylation sites is 1. The minimum absolute atomic E-state index is 0.111. The van der Waals surface area contributed by atoms with Crippen LogP contribution in [0.25, 0.3) is 16.7 Å². The van der Waals surface area contributed by atoms with Gasteiger partial charge < -0.3 is 4.74 Å². The molecule has 0 aliphatic carbocycles. The first-order valence-corrected chi connectivity index (χ1v) is 9.30. The summed E-state index contributed by atoms with van der Waals surface area (Å²) in [4.78, 5) is 22.1. The Labute approximate surface area is 168 Å². The molecule has 134 valence electrons. The molecule has 0 bridgehead atoms. The van der Waals surface area contributed by atoms with E-state index in [1.807, 2.05) is 24.3 Å². The summed E-state index contributed by atoms with van der Waals surface area (Å²) in [5.41, 5.74) is 0.427. The molecule has 2 aromatic heterocycles. The maximum atomic E-state index is 13.1. The van der Waals surface area contributed by atoms with Crippen LogP contribution in [0.2, 0.25) is 5.02 Å². The lowest BCUT2D eigenvalue weighted by atomic mass is 10.2. The van der Waals surface area contributed by atoms with E-state index < -0.39 is 0 Å². The Morgan fingerprint density at radius 2 is 1.81 bits per heavy atom. The zero-order valence-corrected chi connectivity index (χ0v) is 16.3. The number of benzene rings is 2. The summed E-state index contributed by atoms with van der Waals surface area (Å²) in [6, 6.07) is 17.8. The van der Waals surface area contributed by atoms with E-state index in [0.29, 0.717) is 33.3 Å². The van der Waals surface area contributed by atoms with Gasteiger partial charge in [0.2, 0.25) is 0 Å². The van der Waals surface area contributed by atoms with Crippen molar-refractivity contribution in [2.75, 3.05) is 0 Å². The second-order valence-electron chi connectivity index (χ2n) is 5.76. The number of aromatic nitrogens is 3. The zero-order valence-electron chi connectivity index (χ0n) is 14.0. The molecule has 0 saturated carbocycles. The van der Waals surface area contributed by atoms with Crippen molar-refractivity contribution in [3.05, 3.63) is 92.5 Å². The predicted molar refractivity (Wildman–Crippen MR) is 109 cm³/mol. The highest BCUT2D eigenvalue weighted by atomic mass is 79.9. The molecule has 2 aromatic carbocycles. The standard InChI is InChI=1S/C20H13BrClN3O2/c21-13-5-10-18(23-11-13)25-19(12-27-15-8-6-14(22)7-9-15)24-17-4-2-1-3-16(17)20(25)26/h1-11H,12H2. The highest BCUT2D eigenvalue weighted by molar-refractivity contribution is 9.10. The molecule has 0 radical (unpaired) electrons. The maximum Gasteiger partial charge on any atom is 0.267 e. The Kier molecular flexibility index (Phi) is 4.92. The predicted octanol–water partition coefficient (Wildman–Crippen LogP) is 4.78. The van der Waals surface area contributed by atoms with Gasteiger partial charge in [-0.1, -0.05) is 23.7 Å². The second-order valence-corrected chi connectivity index (χ2v) is 7.12.